The average molecular weight is 246 g/mol. The summed E-state index contributed by atoms with van der Waals surface area (Å²) in [5.74, 6) is 0. The molecule has 2 saturated carbocycles. The van der Waals surface area contributed by atoms with Gasteiger partial charge in [-0.1, -0.05) is 0 Å². The predicted molar refractivity (Wildman–Crippen MR) is 64.7 cm³/mol. The summed E-state index contributed by atoms with van der Waals surface area (Å²) in [7, 11) is 0. The topological polar surface area (TPSA) is 63.5 Å². The fourth-order valence-corrected chi connectivity index (χ4v) is 4.85. The third-order valence-electron chi connectivity index (χ3n) is 3.94. The molecular weight excluding hydrogens is 224 g/mol. The molecule has 0 aromatic carbocycles. The lowest BCUT2D eigenvalue weighted by molar-refractivity contribution is 0.127. The predicted octanol–water partition coefficient (Wildman–Crippen LogP) is 1.34. The molecule has 0 atom stereocenters. The average Bonchev–Trinajstić information content (AvgIpc) is 2.30. The summed E-state index contributed by atoms with van der Waals surface area (Å²) in [4.78, 5) is 0. The van der Waals surface area contributed by atoms with Crippen LogP contribution in [0.5, 0.6) is 0 Å². The number of rotatable bonds is 2. The first-order valence-electron chi connectivity index (χ1n) is 6.42. The van der Waals surface area contributed by atoms with Crippen LogP contribution < -0.4 is 0 Å². The second kappa shape index (κ2) is 5.71. The van der Waals surface area contributed by atoms with Crippen LogP contribution in [-0.2, 0) is 11.2 Å². The van der Waals surface area contributed by atoms with Gasteiger partial charge in [-0.25, -0.2) is 0 Å². The monoisotopic (exact) mass is 246 g/mol. The van der Waals surface area contributed by atoms with Crippen molar-refractivity contribution in [2.45, 2.75) is 74.1 Å². The van der Waals surface area contributed by atoms with E-state index in [4.69, 9.17) is 0 Å². The van der Waals surface area contributed by atoms with E-state index in [9.17, 15) is 14.8 Å². The lowest BCUT2D eigenvalue weighted by Gasteiger charge is -2.34. The fourth-order valence-electron chi connectivity index (χ4n) is 2.83. The van der Waals surface area contributed by atoms with Crippen LogP contribution in [0.25, 0.3) is 0 Å². The van der Waals surface area contributed by atoms with Crippen molar-refractivity contribution in [1.82, 2.24) is 0 Å². The Balaban J connectivity index is 1.80. The van der Waals surface area contributed by atoms with Crippen molar-refractivity contribution >= 4 is 11.2 Å². The standard InChI is InChI=1S/C12H22O3S/c13-9-1-5-11(6-2-9)16(15)12-7-3-10(14)4-8-12/h9-14H,1-8H2. The third-order valence-corrected chi connectivity index (χ3v) is 6.20. The second-order valence-electron chi connectivity index (χ2n) is 5.19. The van der Waals surface area contributed by atoms with Gasteiger partial charge in [0.15, 0.2) is 0 Å². The molecule has 0 radical (unpaired) electrons. The minimum atomic E-state index is -0.745. The molecule has 16 heavy (non-hydrogen) atoms. The van der Waals surface area contributed by atoms with Gasteiger partial charge in [0.05, 0.1) is 12.2 Å². The molecule has 2 N–H and O–H groups in total. The van der Waals surface area contributed by atoms with Crippen LogP contribution in [0.2, 0.25) is 0 Å². The van der Waals surface area contributed by atoms with E-state index >= 15 is 0 Å². The molecule has 0 aliphatic heterocycles. The first-order chi connectivity index (χ1) is 7.66. The van der Waals surface area contributed by atoms with Crippen molar-refractivity contribution in [2.75, 3.05) is 0 Å². The summed E-state index contributed by atoms with van der Waals surface area (Å²) >= 11 is -0.745. The summed E-state index contributed by atoms with van der Waals surface area (Å²) in [6.45, 7) is 0. The maximum Gasteiger partial charge on any atom is 0.116 e. The number of hydrogen-bond donors (Lipinski definition) is 2. The first-order valence-corrected chi connectivity index (χ1v) is 7.70. The summed E-state index contributed by atoms with van der Waals surface area (Å²) in [5, 5.41) is 19.4. The highest BCUT2D eigenvalue weighted by molar-refractivity contribution is 7.92. The quantitative estimate of drug-likeness (QED) is 0.723. The fraction of sp³-hybridized carbons (Fsp3) is 1.00. The molecule has 0 amide bonds. The van der Waals surface area contributed by atoms with Gasteiger partial charge in [0, 0.05) is 0 Å². The molecule has 2 aliphatic carbocycles. The SMILES string of the molecule is [O-][S+](C1CCC(O)CC1)C1CCC(O)CC1. The van der Waals surface area contributed by atoms with E-state index in [0.29, 0.717) is 10.5 Å². The summed E-state index contributed by atoms with van der Waals surface area (Å²) in [5.41, 5.74) is 0. The van der Waals surface area contributed by atoms with Gasteiger partial charge in [-0.3, -0.25) is 0 Å². The maximum absolute atomic E-state index is 12.3. The van der Waals surface area contributed by atoms with E-state index in [1.807, 2.05) is 0 Å². The van der Waals surface area contributed by atoms with E-state index < -0.39 is 11.2 Å². The Morgan fingerprint density at radius 2 is 1.00 bits per heavy atom. The molecule has 2 aliphatic rings. The Labute approximate surface area is 100 Å². The highest BCUT2D eigenvalue weighted by atomic mass is 32.2. The summed E-state index contributed by atoms with van der Waals surface area (Å²) in [6.07, 6.45) is 6.55. The van der Waals surface area contributed by atoms with Gasteiger partial charge in [0.1, 0.15) is 10.5 Å². The van der Waals surface area contributed by atoms with Crippen LogP contribution in [0.1, 0.15) is 51.4 Å². The molecule has 2 fully saturated rings. The van der Waals surface area contributed by atoms with Crippen molar-refractivity contribution in [3.8, 4) is 0 Å². The highest BCUT2D eigenvalue weighted by Gasteiger charge is 2.35. The van der Waals surface area contributed by atoms with Crippen molar-refractivity contribution in [1.29, 1.82) is 0 Å². The molecule has 3 nitrogen and oxygen atoms in total. The zero-order valence-corrected chi connectivity index (χ0v) is 10.5. The Kier molecular flexibility index (Phi) is 4.53. The molecule has 2 rings (SSSR count). The Bertz CT molecular complexity index is 186. The van der Waals surface area contributed by atoms with Crippen LogP contribution >= 0.6 is 0 Å². The van der Waals surface area contributed by atoms with Crippen LogP contribution in [0.4, 0.5) is 0 Å². The van der Waals surface area contributed by atoms with Crippen molar-refractivity contribution in [2.24, 2.45) is 0 Å². The zero-order chi connectivity index (χ0) is 11.5. The van der Waals surface area contributed by atoms with Crippen molar-refractivity contribution < 1.29 is 14.8 Å². The molecule has 4 heteroatoms. The van der Waals surface area contributed by atoms with Crippen molar-refractivity contribution in [3.05, 3.63) is 0 Å². The minimum Gasteiger partial charge on any atom is -0.616 e. The van der Waals surface area contributed by atoms with Gasteiger partial charge >= 0.3 is 0 Å². The van der Waals surface area contributed by atoms with E-state index in [0.717, 1.165) is 51.4 Å². The van der Waals surface area contributed by atoms with E-state index in [1.54, 1.807) is 0 Å². The molecule has 0 bridgehead atoms. The molecule has 94 valence electrons. The molecule has 0 saturated heterocycles. The van der Waals surface area contributed by atoms with Crippen molar-refractivity contribution in [3.63, 3.8) is 0 Å². The van der Waals surface area contributed by atoms with Gasteiger partial charge in [0.25, 0.3) is 0 Å². The minimum absolute atomic E-state index is 0.165. The van der Waals surface area contributed by atoms with Gasteiger partial charge in [-0.15, -0.1) is 0 Å². The van der Waals surface area contributed by atoms with Gasteiger partial charge in [-0.2, -0.15) is 0 Å². The molecule has 0 heterocycles. The lowest BCUT2D eigenvalue weighted by atomic mass is 9.97. The number of aliphatic hydroxyl groups is 2. The Hall–Kier alpha value is 0.230. The first kappa shape index (κ1) is 12.7. The molecular formula is C12H22O3S. The second-order valence-corrected chi connectivity index (χ2v) is 7.18. The lowest BCUT2D eigenvalue weighted by Crippen LogP contribution is -2.38. The summed E-state index contributed by atoms with van der Waals surface area (Å²) in [6, 6.07) is 0. The zero-order valence-electron chi connectivity index (χ0n) is 9.68. The van der Waals surface area contributed by atoms with Crippen LogP contribution in [0.3, 0.4) is 0 Å². The molecule has 0 unspecified atom stereocenters. The normalized spacial score (nSPS) is 42.9. The molecule has 0 aromatic rings. The van der Waals surface area contributed by atoms with E-state index in [2.05, 4.69) is 0 Å². The van der Waals surface area contributed by atoms with Gasteiger partial charge < -0.3 is 14.8 Å². The third kappa shape index (κ3) is 3.13. The van der Waals surface area contributed by atoms with Crippen LogP contribution in [-0.4, -0.2) is 37.5 Å². The van der Waals surface area contributed by atoms with Crippen LogP contribution in [0.15, 0.2) is 0 Å². The Morgan fingerprint density at radius 1 is 0.688 bits per heavy atom. The largest absolute Gasteiger partial charge is 0.616 e. The van der Waals surface area contributed by atoms with E-state index in [-0.39, 0.29) is 12.2 Å². The van der Waals surface area contributed by atoms with E-state index in [1.165, 1.54) is 0 Å². The Morgan fingerprint density at radius 3 is 1.31 bits per heavy atom. The smallest absolute Gasteiger partial charge is 0.116 e. The van der Waals surface area contributed by atoms with Gasteiger partial charge in [0.2, 0.25) is 0 Å². The maximum atomic E-state index is 12.3. The number of aliphatic hydroxyl groups excluding tert-OH is 2. The highest BCUT2D eigenvalue weighted by Crippen LogP contribution is 2.32. The molecule has 0 aromatic heterocycles. The molecule has 0 spiro atoms. The van der Waals surface area contributed by atoms with Gasteiger partial charge in [-0.05, 0) is 62.5 Å². The number of hydrogen-bond acceptors (Lipinski definition) is 3. The van der Waals surface area contributed by atoms with Crippen LogP contribution in [0, 0.1) is 0 Å². The summed E-state index contributed by atoms with van der Waals surface area (Å²) < 4.78 is 12.3.